The zero-order valence-electron chi connectivity index (χ0n) is 13.7. The molecule has 2 aromatic carbocycles. The van der Waals surface area contributed by atoms with Gasteiger partial charge in [0.25, 0.3) is 5.60 Å². The number of hydrogen-bond acceptors (Lipinski definition) is 1. The van der Waals surface area contributed by atoms with Crippen molar-refractivity contribution in [3.8, 4) is 0 Å². The Kier molecular flexibility index (Phi) is 5.69. The van der Waals surface area contributed by atoms with E-state index < -0.39 is 23.5 Å². The number of aliphatic hydroxyl groups is 1. The van der Waals surface area contributed by atoms with Crippen molar-refractivity contribution < 1.29 is 31.4 Å². The monoisotopic (exact) mass is 625 g/mol. The van der Waals surface area contributed by atoms with Crippen LogP contribution in [-0.4, -0.2) is 22.0 Å². The number of benzene rings is 2. The summed E-state index contributed by atoms with van der Waals surface area (Å²) < 4.78 is 82.3. The highest BCUT2D eigenvalue weighted by atomic mass is 127. The Morgan fingerprint density at radius 3 is 2.14 bits per heavy atom. The van der Waals surface area contributed by atoms with Crippen LogP contribution in [0, 0.1) is 7.14 Å². The first-order chi connectivity index (χ1) is 12.9. The van der Waals surface area contributed by atoms with E-state index in [0.29, 0.717) is 18.1 Å². The number of nitrogens with zero attached hydrogens (tertiary/aromatic N) is 1. The summed E-state index contributed by atoms with van der Waals surface area (Å²) in [6.45, 7) is 0.404. The van der Waals surface area contributed by atoms with E-state index >= 15 is 0 Å². The average molecular weight is 625 g/mol. The zero-order chi connectivity index (χ0) is 20.9. The quantitative estimate of drug-likeness (QED) is 0.272. The molecular weight excluding hydrogens is 614 g/mol. The lowest BCUT2D eigenvalue weighted by Gasteiger charge is -2.32. The molecule has 150 valence electrons. The van der Waals surface area contributed by atoms with E-state index in [9.17, 15) is 31.4 Å². The largest absolute Gasteiger partial charge is 0.430 e. The molecular formula is C18H11F6I2NO. The number of hydrogen-bond donors (Lipinski definition) is 1. The van der Waals surface area contributed by atoms with Crippen LogP contribution >= 0.6 is 45.2 Å². The summed E-state index contributed by atoms with van der Waals surface area (Å²) in [6, 6.07) is 9.68. The van der Waals surface area contributed by atoms with Gasteiger partial charge in [-0.25, -0.2) is 0 Å². The molecule has 0 saturated carbocycles. The lowest BCUT2D eigenvalue weighted by molar-refractivity contribution is -0.376. The second-order valence-corrected chi connectivity index (χ2v) is 8.38. The average Bonchev–Trinajstić information content (AvgIpc) is 2.98. The summed E-state index contributed by atoms with van der Waals surface area (Å²) in [5, 5.41) is 9.74. The Bertz CT molecular complexity index is 1010. The molecule has 2 nitrogen and oxygen atoms in total. The molecule has 0 saturated heterocycles. The molecule has 0 spiro atoms. The van der Waals surface area contributed by atoms with Gasteiger partial charge in [0.05, 0.1) is 0 Å². The smallest absolute Gasteiger partial charge is 0.369 e. The van der Waals surface area contributed by atoms with Crippen LogP contribution in [0.1, 0.15) is 11.1 Å². The Morgan fingerprint density at radius 2 is 1.54 bits per heavy atom. The maximum absolute atomic E-state index is 13.1. The number of aromatic nitrogens is 1. The summed E-state index contributed by atoms with van der Waals surface area (Å²) >= 11 is 4.36. The van der Waals surface area contributed by atoms with Gasteiger partial charge in [0.15, 0.2) is 0 Å². The van der Waals surface area contributed by atoms with Gasteiger partial charge in [0.2, 0.25) is 0 Å². The fraction of sp³-hybridized carbons (Fsp3) is 0.222. The van der Waals surface area contributed by atoms with Gasteiger partial charge in [-0.15, -0.1) is 0 Å². The van der Waals surface area contributed by atoms with Crippen molar-refractivity contribution in [1.82, 2.24) is 4.57 Å². The minimum atomic E-state index is -5.90. The molecule has 0 unspecified atom stereocenters. The van der Waals surface area contributed by atoms with Gasteiger partial charge in [-0.1, -0.05) is 18.2 Å². The van der Waals surface area contributed by atoms with Crippen LogP contribution in [0.5, 0.6) is 0 Å². The van der Waals surface area contributed by atoms with E-state index in [0.717, 1.165) is 24.8 Å². The minimum absolute atomic E-state index is 0.171. The standard InChI is InChI=1S/C18H11F6I2NO/c19-17(20,21)16(28,18(22,23)24)12-4-5-14-10(8-12)6-7-27(14)9-11-2-1-3-13(25)15(11)26/h1-8,28H,9H2. The highest BCUT2D eigenvalue weighted by Crippen LogP contribution is 2.50. The SMILES string of the molecule is OC(c1ccc2c(ccn2Cc2cccc(I)c2I)c1)(C(F)(F)F)C(F)(F)F. The summed E-state index contributed by atoms with van der Waals surface area (Å²) in [7, 11) is 0. The van der Waals surface area contributed by atoms with Gasteiger partial charge in [-0.05, 0) is 80.4 Å². The van der Waals surface area contributed by atoms with Crippen molar-refractivity contribution in [1.29, 1.82) is 0 Å². The van der Waals surface area contributed by atoms with Gasteiger partial charge in [-0.2, -0.15) is 26.3 Å². The molecule has 0 bridgehead atoms. The number of fused-ring (bicyclic) bond motifs is 1. The third-order valence-corrected chi connectivity index (χ3v) is 7.59. The predicted octanol–water partition coefficient (Wildman–Crippen LogP) is 6.21. The van der Waals surface area contributed by atoms with Crippen LogP contribution in [-0.2, 0) is 12.1 Å². The first-order valence-electron chi connectivity index (χ1n) is 7.74. The van der Waals surface area contributed by atoms with E-state index in [1.807, 2.05) is 18.2 Å². The fourth-order valence-corrected chi connectivity index (χ4v) is 3.99. The minimum Gasteiger partial charge on any atom is -0.369 e. The third kappa shape index (κ3) is 3.62. The van der Waals surface area contributed by atoms with Crippen molar-refractivity contribution in [2.45, 2.75) is 24.5 Å². The van der Waals surface area contributed by atoms with Gasteiger partial charge in [0.1, 0.15) is 0 Å². The molecule has 3 rings (SSSR count). The first kappa shape index (κ1) is 21.7. The van der Waals surface area contributed by atoms with Gasteiger partial charge >= 0.3 is 12.4 Å². The van der Waals surface area contributed by atoms with Crippen molar-refractivity contribution in [2.75, 3.05) is 0 Å². The van der Waals surface area contributed by atoms with Crippen LogP contribution in [0.2, 0.25) is 0 Å². The van der Waals surface area contributed by atoms with E-state index in [-0.39, 0.29) is 5.39 Å². The van der Waals surface area contributed by atoms with Crippen molar-refractivity contribution >= 4 is 56.1 Å². The molecule has 28 heavy (non-hydrogen) atoms. The topological polar surface area (TPSA) is 25.2 Å². The molecule has 0 amide bonds. The molecule has 10 heteroatoms. The molecule has 0 aliphatic carbocycles. The van der Waals surface area contributed by atoms with Gasteiger partial charge in [0, 0.05) is 31.0 Å². The van der Waals surface area contributed by atoms with Gasteiger partial charge < -0.3 is 9.67 Å². The summed E-state index contributed by atoms with van der Waals surface area (Å²) in [4.78, 5) is 0. The van der Waals surface area contributed by atoms with E-state index in [4.69, 9.17) is 0 Å². The lowest BCUT2D eigenvalue weighted by Crippen LogP contribution is -2.53. The summed E-state index contributed by atoms with van der Waals surface area (Å²) in [5.74, 6) is 0. The molecule has 0 aliphatic rings. The number of halogens is 8. The van der Waals surface area contributed by atoms with E-state index in [1.165, 1.54) is 6.07 Å². The zero-order valence-corrected chi connectivity index (χ0v) is 18.1. The van der Waals surface area contributed by atoms with E-state index in [1.54, 1.807) is 10.8 Å². The fourth-order valence-electron chi connectivity index (χ4n) is 2.91. The van der Waals surface area contributed by atoms with E-state index in [2.05, 4.69) is 45.2 Å². The second-order valence-electron chi connectivity index (χ2n) is 6.14. The Hall–Kier alpha value is -1.02. The molecule has 1 aromatic heterocycles. The number of alkyl halides is 6. The van der Waals surface area contributed by atoms with Crippen LogP contribution in [0.25, 0.3) is 10.9 Å². The lowest BCUT2D eigenvalue weighted by atomic mass is 9.91. The van der Waals surface area contributed by atoms with Gasteiger partial charge in [-0.3, -0.25) is 0 Å². The molecule has 3 aromatic rings. The maximum atomic E-state index is 13.1. The maximum Gasteiger partial charge on any atom is 0.430 e. The van der Waals surface area contributed by atoms with Crippen LogP contribution < -0.4 is 0 Å². The molecule has 1 heterocycles. The van der Waals surface area contributed by atoms with Crippen LogP contribution in [0.15, 0.2) is 48.7 Å². The predicted molar refractivity (Wildman–Crippen MR) is 109 cm³/mol. The van der Waals surface area contributed by atoms with Crippen molar-refractivity contribution in [2.24, 2.45) is 0 Å². The van der Waals surface area contributed by atoms with Crippen LogP contribution in [0.4, 0.5) is 26.3 Å². The molecule has 0 fully saturated rings. The Labute approximate surface area is 182 Å². The summed E-state index contributed by atoms with van der Waals surface area (Å²) in [5.41, 5.74) is -4.76. The number of rotatable bonds is 3. The summed E-state index contributed by atoms with van der Waals surface area (Å²) in [6.07, 6.45) is -10.2. The Morgan fingerprint density at radius 1 is 0.893 bits per heavy atom. The normalized spacial score (nSPS) is 13.3. The molecule has 0 aliphatic heterocycles. The molecule has 1 N–H and O–H groups in total. The third-order valence-electron chi connectivity index (χ3n) is 4.38. The Balaban J connectivity index is 2.06. The highest BCUT2D eigenvalue weighted by molar-refractivity contribution is 14.1. The van der Waals surface area contributed by atoms with Crippen LogP contribution in [0.3, 0.4) is 0 Å². The van der Waals surface area contributed by atoms with Crippen molar-refractivity contribution in [3.63, 3.8) is 0 Å². The van der Waals surface area contributed by atoms with Crippen molar-refractivity contribution in [3.05, 3.63) is 66.9 Å². The second kappa shape index (κ2) is 7.35. The molecule has 0 radical (unpaired) electrons. The highest BCUT2D eigenvalue weighted by Gasteiger charge is 2.71. The molecule has 0 atom stereocenters. The first-order valence-corrected chi connectivity index (χ1v) is 9.90.